The number of hydrogen-bond acceptors (Lipinski definition) is 2. The van der Waals surface area contributed by atoms with Gasteiger partial charge in [-0.15, -0.1) is 0 Å². The number of nitrogens with zero attached hydrogens (tertiary/aromatic N) is 2. The molecule has 0 bridgehead atoms. The van der Waals surface area contributed by atoms with Gasteiger partial charge in [0, 0.05) is 7.05 Å². The molecule has 2 rings (SSSR count). The van der Waals surface area contributed by atoms with Crippen LogP contribution in [0, 0.1) is 0 Å². The molecule has 0 aliphatic rings. The zero-order chi connectivity index (χ0) is 11.9. The summed E-state index contributed by atoms with van der Waals surface area (Å²) in [6, 6.07) is 5.86. The Morgan fingerprint density at radius 1 is 1.44 bits per heavy atom. The summed E-state index contributed by atoms with van der Waals surface area (Å²) in [4.78, 5) is 15.0. The number of imidazole rings is 1. The van der Waals surface area contributed by atoms with Gasteiger partial charge >= 0.3 is 5.97 Å². The maximum absolute atomic E-state index is 10.9. The molecule has 0 amide bonds. The number of rotatable bonds is 2. The first kappa shape index (κ1) is 10.7. The highest BCUT2D eigenvalue weighted by atomic mass is 16.4. The number of fused-ring (bicyclic) bond motifs is 1. The Morgan fingerprint density at radius 2 is 2.12 bits per heavy atom. The summed E-state index contributed by atoms with van der Waals surface area (Å²) in [5.74, 6) is -0.492. The number of aryl methyl sites for hydroxylation is 1. The molecule has 4 nitrogen and oxygen atoms in total. The van der Waals surface area contributed by atoms with Crippen molar-refractivity contribution in [2.24, 2.45) is 7.05 Å². The Kier molecular flexibility index (Phi) is 2.42. The van der Waals surface area contributed by atoms with Gasteiger partial charge in [0.05, 0.1) is 11.0 Å². The number of benzene rings is 1. The van der Waals surface area contributed by atoms with E-state index in [0.29, 0.717) is 5.92 Å². The van der Waals surface area contributed by atoms with E-state index in [1.54, 1.807) is 11.6 Å². The summed E-state index contributed by atoms with van der Waals surface area (Å²) in [7, 11) is 1.73. The molecule has 0 saturated heterocycles. The van der Waals surface area contributed by atoms with Gasteiger partial charge in [-0.3, -0.25) is 0 Å². The van der Waals surface area contributed by atoms with Crippen LogP contribution in [-0.2, 0) is 7.05 Å². The van der Waals surface area contributed by atoms with E-state index in [-0.39, 0.29) is 5.82 Å². The van der Waals surface area contributed by atoms with Gasteiger partial charge < -0.3 is 9.67 Å². The van der Waals surface area contributed by atoms with Gasteiger partial charge in [0.1, 0.15) is 0 Å². The van der Waals surface area contributed by atoms with E-state index in [0.717, 1.165) is 11.0 Å². The van der Waals surface area contributed by atoms with Crippen molar-refractivity contribution in [2.75, 3.05) is 0 Å². The van der Waals surface area contributed by atoms with Crippen molar-refractivity contribution in [3.8, 4) is 0 Å². The molecule has 0 spiro atoms. The normalized spacial score (nSPS) is 11.2. The first-order valence-electron chi connectivity index (χ1n) is 5.20. The topological polar surface area (TPSA) is 55.1 Å². The fourth-order valence-electron chi connectivity index (χ4n) is 1.76. The van der Waals surface area contributed by atoms with E-state index < -0.39 is 5.97 Å². The highest BCUT2D eigenvalue weighted by Crippen LogP contribution is 2.21. The van der Waals surface area contributed by atoms with Crippen molar-refractivity contribution < 1.29 is 9.90 Å². The van der Waals surface area contributed by atoms with Crippen molar-refractivity contribution in [1.29, 1.82) is 0 Å². The molecule has 16 heavy (non-hydrogen) atoms. The van der Waals surface area contributed by atoms with Gasteiger partial charge in [0.15, 0.2) is 0 Å². The average Bonchev–Trinajstić information content (AvgIpc) is 2.56. The maximum Gasteiger partial charge on any atom is 0.372 e. The second-order valence-corrected chi connectivity index (χ2v) is 4.20. The van der Waals surface area contributed by atoms with E-state index in [9.17, 15) is 4.79 Å². The quantitative estimate of drug-likeness (QED) is 0.842. The second kappa shape index (κ2) is 3.63. The monoisotopic (exact) mass is 218 g/mol. The predicted octanol–water partition coefficient (Wildman–Crippen LogP) is 2.39. The Hall–Kier alpha value is -1.84. The first-order chi connectivity index (χ1) is 7.50. The molecule has 0 aliphatic heterocycles. The van der Waals surface area contributed by atoms with E-state index in [4.69, 9.17) is 5.11 Å². The van der Waals surface area contributed by atoms with Gasteiger partial charge in [0.25, 0.3) is 0 Å². The van der Waals surface area contributed by atoms with Crippen LogP contribution in [0.2, 0.25) is 0 Å². The zero-order valence-corrected chi connectivity index (χ0v) is 9.56. The molecule has 1 heterocycles. The smallest absolute Gasteiger partial charge is 0.372 e. The summed E-state index contributed by atoms with van der Waals surface area (Å²) >= 11 is 0. The van der Waals surface area contributed by atoms with Crippen LogP contribution in [-0.4, -0.2) is 20.6 Å². The lowest BCUT2D eigenvalue weighted by molar-refractivity contribution is 0.0680. The third kappa shape index (κ3) is 1.56. The summed E-state index contributed by atoms with van der Waals surface area (Å²) in [5.41, 5.74) is 2.78. The highest BCUT2D eigenvalue weighted by molar-refractivity contribution is 5.89. The summed E-state index contributed by atoms with van der Waals surface area (Å²) < 4.78 is 1.61. The van der Waals surface area contributed by atoms with Gasteiger partial charge in [-0.25, -0.2) is 9.78 Å². The van der Waals surface area contributed by atoms with Crippen molar-refractivity contribution in [2.45, 2.75) is 19.8 Å². The van der Waals surface area contributed by atoms with E-state index in [2.05, 4.69) is 18.8 Å². The minimum absolute atomic E-state index is 0.0795. The minimum Gasteiger partial charge on any atom is -0.475 e. The number of carboxylic acid groups (broad SMARTS) is 1. The lowest BCUT2D eigenvalue weighted by Crippen LogP contribution is -2.05. The van der Waals surface area contributed by atoms with E-state index in [1.165, 1.54) is 5.56 Å². The highest BCUT2D eigenvalue weighted by Gasteiger charge is 2.14. The molecule has 1 aromatic heterocycles. The van der Waals surface area contributed by atoms with Crippen LogP contribution in [0.4, 0.5) is 0 Å². The third-order valence-electron chi connectivity index (χ3n) is 2.76. The van der Waals surface area contributed by atoms with Crippen LogP contribution < -0.4 is 0 Å². The fraction of sp³-hybridized carbons (Fsp3) is 0.333. The maximum atomic E-state index is 10.9. The van der Waals surface area contributed by atoms with Crippen LogP contribution in [0.15, 0.2) is 18.2 Å². The van der Waals surface area contributed by atoms with Crippen LogP contribution in [0.5, 0.6) is 0 Å². The number of carbonyl (C=O) groups is 1. The Labute approximate surface area is 93.5 Å². The van der Waals surface area contributed by atoms with Crippen molar-refractivity contribution in [1.82, 2.24) is 9.55 Å². The molecule has 4 heteroatoms. The average molecular weight is 218 g/mol. The third-order valence-corrected chi connectivity index (χ3v) is 2.76. The number of aromatic carboxylic acids is 1. The van der Waals surface area contributed by atoms with Gasteiger partial charge in [0.2, 0.25) is 5.82 Å². The molecular formula is C12H14N2O2. The predicted molar refractivity (Wildman–Crippen MR) is 61.8 cm³/mol. The number of carboxylic acids is 1. The Morgan fingerprint density at radius 3 is 2.69 bits per heavy atom. The first-order valence-corrected chi connectivity index (χ1v) is 5.20. The lowest BCUT2D eigenvalue weighted by atomic mass is 10.0. The standard InChI is InChI=1S/C12H14N2O2/c1-7(2)8-4-5-9-10(6-8)14(3)11(13-9)12(15)16/h4-7H,1-3H3,(H,15,16). The van der Waals surface area contributed by atoms with E-state index >= 15 is 0 Å². The largest absolute Gasteiger partial charge is 0.475 e. The second-order valence-electron chi connectivity index (χ2n) is 4.20. The van der Waals surface area contributed by atoms with E-state index in [1.807, 2.05) is 18.2 Å². The molecule has 0 atom stereocenters. The van der Waals surface area contributed by atoms with Gasteiger partial charge in [-0.1, -0.05) is 19.9 Å². The van der Waals surface area contributed by atoms with Crippen LogP contribution in [0.3, 0.4) is 0 Å². The van der Waals surface area contributed by atoms with Crippen molar-refractivity contribution >= 4 is 17.0 Å². The molecule has 0 aliphatic carbocycles. The molecule has 0 fully saturated rings. The summed E-state index contributed by atoms with van der Waals surface area (Å²) in [6.07, 6.45) is 0. The molecule has 1 aromatic carbocycles. The SMILES string of the molecule is CC(C)c1ccc2nc(C(=O)O)n(C)c2c1. The molecule has 84 valence electrons. The van der Waals surface area contributed by atoms with Crippen LogP contribution in [0.25, 0.3) is 11.0 Å². The number of hydrogen-bond donors (Lipinski definition) is 1. The molecule has 0 saturated carbocycles. The van der Waals surface area contributed by atoms with Crippen molar-refractivity contribution in [3.05, 3.63) is 29.6 Å². The number of aromatic nitrogens is 2. The molecule has 0 radical (unpaired) electrons. The zero-order valence-electron chi connectivity index (χ0n) is 9.56. The molecule has 0 unspecified atom stereocenters. The lowest BCUT2D eigenvalue weighted by Gasteiger charge is -2.05. The van der Waals surface area contributed by atoms with Crippen LogP contribution in [0.1, 0.15) is 35.9 Å². The Balaban J connectivity index is 2.69. The van der Waals surface area contributed by atoms with Crippen molar-refractivity contribution in [3.63, 3.8) is 0 Å². The fourth-order valence-corrected chi connectivity index (χ4v) is 1.76. The van der Waals surface area contributed by atoms with Gasteiger partial charge in [-0.2, -0.15) is 0 Å². The van der Waals surface area contributed by atoms with Crippen LogP contribution >= 0.6 is 0 Å². The molecule has 1 N–H and O–H groups in total. The Bertz CT molecular complexity index is 555. The molecular weight excluding hydrogens is 204 g/mol. The molecule has 2 aromatic rings. The summed E-state index contributed by atoms with van der Waals surface area (Å²) in [6.45, 7) is 4.21. The summed E-state index contributed by atoms with van der Waals surface area (Å²) in [5, 5.41) is 8.96. The van der Waals surface area contributed by atoms with Gasteiger partial charge in [-0.05, 0) is 23.6 Å². The minimum atomic E-state index is -0.996.